The van der Waals surface area contributed by atoms with E-state index in [1.807, 2.05) is 0 Å². The molecule has 1 aromatic carbocycles. The van der Waals surface area contributed by atoms with E-state index in [0.717, 1.165) is 18.2 Å². The third kappa shape index (κ3) is 5.58. The number of alkyl halides is 3. The van der Waals surface area contributed by atoms with Crippen LogP contribution in [0.3, 0.4) is 0 Å². The highest BCUT2D eigenvalue weighted by molar-refractivity contribution is 5.69. The molecule has 21 heavy (non-hydrogen) atoms. The zero-order chi connectivity index (χ0) is 16.2. The summed E-state index contributed by atoms with van der Waals surface area (Å²) in [6.07, 6.45) is -4.92. The SMILES string of the molecule is CC(CN(C)Cc1c(F)cccc1OC(F)(F)F)C(=O)O. The van der Waals surface area contributed by atoms with Crippen LogP contribution in [0.4, 0.5) is 17.6 Å². The normalized spacial score (nSPS) is 13.3. The summed E-state index contributed by atoms with van der Waals surface area (Å²) in [5.41, 5.74) is -0.269. The molecule has 0 aliphatic heterocycles. The van der Waals surface area contributed by atoms with E-state index in [9.17, 15) is 22.4 Å². The second-order valence-electron chi connectivity index (χ2n) is 4.70. The van der Waals surface area contributed by atoms with Crippen molar-refractivity contribution < 1.29 is 32.2 Å². The molecule has 0 saturated carbocycles. The molecular formula is C13H15F4NO3. The Balaban J connectivity index is 2.89. The summed E-state index contributed by atoms with van der Waals surface area (Å²) in [5, 5.41) is 8.78. The number of aliphatic carboxylic acids is 1. The molecule has 0 aliphatic rings. The van der Waals surface area contributed by atoms with Crippen molar-refractivity contribution in [3.63, 3.8) is 0 Å². The van der Waals surface area contributed by atoms with Crippen molar-refractivity contribution >= 4 is 5.97 Å². The third-order valence-electron chi connectivity index (χ3n) is 2.74. The van der Waals surface area contributed by atoms with Gasteiger partial charge < -0.3 is 14.7 Å². The number of carbonyl (C=O) groups is 1. The summed E-state index contributed by atoms with van der Waals surface area (Å²) in [5.74, 6) is -3.24. The molecule has 1 aromatic rings. The second-order valence-corrected chi connectivity index (χ2v) is 4.70. The van der Waals surface area contributed by atoms with Gasteiger partial charge in [-0.1, -0.05) is 13.0 Å². The van der Waals surface area contributed by atoms with Gasteiger partial charge in [0.2, 0.25) is 0 Å². The monoisotopic (exact) mass is 309 g/mol. The summed E-state index contributed by atoms with van der Waals surface area (Å²) >= 11 is 0. The Morgan fingerprint density at radius 1 is 1.43 bits per heavy atom. The fourth-order valence-electron chi connectivity index (χ4n) is 1.79. The first-order valence-corrected chi connectivity index (χ1v) is 6.04. The van der Waals surface area contributed by atoms with E-state index >= 15 is 0 Å². The molecule has 0 aromatic heterocycles. The van der Waals surface area contributed by atoms with Crippen molar-refractivity contribution in [1.82, 2.24) is 4.90 Å². The van der Waals surface area contributed by atoms with Gasteiger partial charge in [-0.15, -0.1) is 13.2 Å². The molecule has 4 nitrogen and oxygen atoms in total. The van der Waals surface area contributed by atoms with Gasteiger partial charge in [0.1, 0.15) is 11.6 Å². The Morgan fingerprint density at radius 3 is 2.57 bits per heavy atom. The lowest BCUT2D eigenvalue weighted by molar-refractivity contribution is -0.275. The first-order valence-electron chi connectivity index (χ1n) is 6.04. The Labute approximate surface area is 118 Å². The third-order valence-corrected chi connectivity index (χ3v) is 2.74. The van der Waals surface area contributed by atoms with E-state index in [1.165, 1.54) is 18.9 Å². The van der Waals surface area contributed by atoms with Crippen LogP contribution in [0.2, 0.25) is 0 Å². The average Bonchev–Trinajstić information content (AvgIpc) is 2.31. The Bertz CT molecular complexity index is 505. The number of carboxylic acid groups (broad SMARTS) is 1. The fraction of sp³-hybridized carbons (Fsp3) is 0.462. The van der Waals surface area contributed by atoms with Crippen LogP contribution in [-0.2, 0) is 11.3 Å². The van der Waals surface area contributed by atoms with Gasteiger partial charge >= 0.3 is 12.3 Å². The van der Waals surface area contributed by atoms with Gasteiger partial charge in [-0.2, -0.15) is 0 Å². The van der Waals surface area contributed by atoms with Crippen LogP contribution in [0.1, 0.15) is 12.5 Å². The van der Waals surface area contributed by atoms with Gasteiger partial charge in [0, 0.05) is 18.7 Å². The maximum Gasteiger partial charge on any atom is 0.573 e. The number of benzene rings is 1. The van der Waals surface area contributed by atoms with E-state index in [0.29, 0.717) is 0 Å². The van der Waals surface area contributed by atoms with Gasteiger partial charge in [0.15, 0.2) is 0 Å². The molecule has 1 N–H and O–H groups in total. The smallest absolute Gasteiger partial charge is 0.481 e. The van der Waals surface area contributed by atoms with E-state index < -0.39 is 29.8 Å². The molecule has 0 aliphatic carbocycles. The summed E-state index contributed by atoms with van der Waals surface area (Å²) in [6.45, 7) is 1.32. The predicted molar refractivity (Wildman–Crippen MR) is 66.2 cm³/mol. The van der Waals surface area contributed by atoms with Gasteiger partial charge in [0.25, 0.3) is 0 Å². The quantitative estimate of drug-likeness (QED) is 0.821. The van der Waals surface area contributed by atoms with Crippen LogP contribution in [-0.4, -0.2) is 35.9 Å². The predicted octanol–water partition coefficient (Wildman–Crippen LogP) is 2.88. The van der Waals surface area contributed by atoms with Crippen molar-refractivity contribution in [2.24, 2.45) is 5.92 Å². The molecule has 0 spiro atoms. The zero-order valence-electron chi connectivity index (χ0n) is 11.4. The first kappa shape index (κ1) is 17.2. The molecule has 1 unspecified atom stereocenters. The lowest BCUT2D eigenvalue weighted by atomic mass is 10.1. The van der Waals surface area contributed by atoms with Crippen LogP contribution >= 0.6 is 0 Å². The van der Waals surface area contributed by atoms with Crippen molar-refractivity contribution in [3.8, 4) is 5.75 Å². The van der Waals surface area contributed by atoms with Crippen molar-refractivity contribution in [2.45, 2.75) is 19.8 Å². The Kier molecular flexibility index (Phi) is 5.54. The number of nitrogens with zero attached hydrogens (tertiary/aromatic N) is 1. The topological polar surface area (TPSA) is 49.8 Å². The van der Waals surface area contributed by atoms with Crippen molar-refractivity contribution in [3.05, 3.63) is 29.6 Å². The number of hydrogen-bond acceptors (Lipinski definition) is 3. The molecule has 0 saturated heterocycles. The molecular weight excluding hydrogens is 294 g/mol. The minimum Gasteiger partial charge on any atom is -0.481 e. The maximum absolute atomic E-state index is 13.7. The van der Waals surface area contributed by atoms with E-state index in [2.05, 4.69) is 4.74 Å². The first-order chi connectivity index (χ1) is 9.60. The van der Waals surface area contributed by atoms with E-state index in [4.69, 9.17) is 5.11 Å². The van der Waals surface area contributed by atoms with Crippen molar-refractivity contribution in [2.75, 3.05) is 13.6 Å². The lowest BCUT2D eigenvalue weighted by Crippen LogP contribution is -2.29. The van der Waals surface area contributed by atoms with Crippen LogP contribution in [0.15, 0.2) is 18.2 Å². The molecule has 0 radical (unpaired) electrons. The highest BCUT2D eigenvalue weighted by atomic mass is 19.4. The number of ether oxygens (including phenoxy) is 1. The summed E-state index contributed by atoms with van der Waals surface area (Å²) in [6, 6.07) is 3.15. The van der Waals surface area contributed by atoms with Crippen molar-refractivity contribution in [1.29, 1.82) is 0 Å². The number of rotatable bonds is 6. The average molecular weight is 309 g/mol. The van der Waals surface area contributed by atoms with Gasteiger partial charge in [-0.25, -0.2) is 4.39 Å². The zero-order valence-corrected chi connectivity index (χ0v) is 11.4. The molecule has 0 bridgehead atoms. The molecule has 118 valence electrons. The molecule has 1 atom stereocenters. The maximum atomic E-state index is 13.7. The largest absolute Gasteiger partial charge is 0.573 e. The summed E-state index contributed by atoms with van der Waals surface area (Å²) < 4.78 is 54.3. The molecule has 0 heterocycles. The standard InChI is InChI=1S/C13H15F4NO3/c1-8(12(19)20)6-18(2)7-9-10(14)4-3-5-11(9)21-13(15,16)17/h3-5,8H,6-7H2,1-2H3,(H,19,20). The Hall–Kier alpha value is -1.83. The minimum absolute atomic E-state index is 0.0646. The van der Waals surface area contributed by atoms with Gasteiger partial charge in [0.05, 0.1) is 5.92 Å². The van der Waals surface area contributed by atoms with Crippen LogP contribution in [0.5, 0.6) is 5.75 Å². The van der Waals surface area contributed by atoms with Gasteiger partial charge in [-0.05, 0) is 19.2 Å². The second kappa shape index (κ2) is 6.75. The van der Waals surface area contributed by atoms with Gasteiger partial charge in [-0.3, -0.25) is 4.79 Å². The molecule has 1 rings (SSSR count). The van der Waals surface area contributed by atoms with E-state index in [1.54, 1.807) is 0 Å². The van der Waals surface area contributed by atoms with E-state index in [-0.39, 0.29) is 18.7 Å². The molecule has 0 amide bonds. The highest BCUT2D eigenvalue weighted by Crippen LogP contribution is 2.29. The lowest BCUT2D eigenvalue weighted by Gasteiger charge is -2.21. The minimum atomic E-state index is -4.92. The van der Waals surface area contributed by atoms with Crippen LogP contribution in [0, 0.1) is 11.7 Å². The summed E-state index contributed by atoms with van der Waals surface area (Å²) in [7, 11) is 1.49. The highest BCUT2D eigenvalue weighted by Gasteiger charge is 2.32. The summed E-state index contributed by atoms with van der Waals surface area (Å²) in [4.78, 5) is 12.2. The van der Waals surface area contributed by atoms with Crippen LogP contribution in [0.25, 0.3) is 0 Å². The number of hydrogen-bond donors (Lipinski definition) is 1. The molecule has 0 fully saturated rings. The number of halogens is 4. The van der Waals surface area contributed by atoms with Crippen LogP contribution < -0.4 is 4.74 Å². The Morgan fingerprint density at radius 2 is 2.05 bits per heavy atom. The molecule has 8 heteroatoms. The fourth-order valence-corrected chi connectivity index (χ4v) is 1.79. The number of carboxylic acids is 1.